The van der Waals surface area contributed by atoms with Gasteiger partial charge in [-0.2, -0.15) is 0 Å². The number of benzene rings is 1. The molecule has 0 bridgehead atoms. The molecule has 0 amide bonds. The van der Waals surface area contributed by atoms with Crippen LogP contribution < -0.4 is 10.6 Å². The van der Waals surface area contributed by atoms with Crippen LogP contribution in [-0.2, 0) is 0 Å². The molecule has 2 rings (SSSR count). The number of hydrogen-bond donors (Lipinski definition) is 2. The minimum atomic E-state index is 0.197. The van der Waals surface area contributed by atoms with Gasteiger partial charge >= 0.3 is 0 Å². The van der Waals surface area contributed by atoms with Gasteiger partial charge in [-0.05, 0) is 38.0 Å². The lowest BCUT2D eigenvalue weighted by Gasteiger charge is -2.37. The number of aryl methyl sites for hydroxylation is 1. The van der Waals surface area contributed by atoms with Crippen LogP contribution in [0.2, 0.25) is 0 Å². The molecule has 1 aromatic rings. The van der Waals surface area contributed by atoms with Crippen LogP contribution in [0.1, 0.15) is 25.8 Å². The summed E-state index contributed by atoms with van der Waals surface area (Å²) in [7, 11) is 0. The van der Waals surface area contributed by atoms with E-state index in [1.807, 2.05) is 0 Å². The van der Waals surface area contributed by atoms with Crippen LogP contribution in [0.5, 0.6) is 0 Å². The largest absolute Gasteiger partial charge is 0.381 e. The van der Waals surface area contributed by atoms with E-state index in [-0.39, 0.29) is 5.54 Å². The van der Waals surface area contributed by atoms with Crippen molar-refractivity contribution in [1.82, 2.24) is 0 Å². The Balaban J connectivity index is 2.31. The minimum absolute atomic E-state index is 0.197. The Hall–Kier alpha value is -1.18. The average Bonchev–Trinajstić information content (AvgIpc) is 2.19. The summed E-state index contributed by atoms with van der Waals surface area (Å²) in [5, 5.41) is 7.07. The molecule has 0 radical (unpaired) electrons. The maximum Gasteiger partial charge on any atom is 0.0581 e. The van der Waals surface area contributed by atoms with E-state index in [2.05, 4.69) is 49.6 Å². The van der Waals surface area contributed by atoms with Crippen molar-refractivity contribution in [2.45, 2.75) is 32.7 Å². The van der Waals surface area contributed by atoms with Crippen molar-refractivity contribution < 1.29 is 0 Å². The van der Waals surface area contributed by atoms with Gasteiger partial charge in [-0.15, -0.1) is 0 Å². The molecule has 0 saturated heterocycles. The number of fused-ring (bicyclic) bond motifs is 1. The highest BCUT2D eigenvalue weighted by molar-refractivity contribution is 5.72. The Bertz CT molecular complexity index is 346. The molecule has 0 fully saturated rings. The van der Waals surface area contributed by atoms with E-state index < -0.39 is 0 Å². The third kappa shape index (κ3) is 1.57. The van der Waals surface area contributed by atoms with Crippen LogP contribution >= 0.6 is 0 Å². The van der Waals surface area contributed by atoms with Gasteiger partial charge in [0.2, 0.25) is 0 Å². The molecular weight excluding hydrogens is 172 g/mol. The zero-order chi connectivity index (χ0) is 10.2. The first-order chi connectivity index (χ1) is 6.63. The van der Waals surface area contributed by atoms with Crippen LogP contribution in [0, 0.1) is 6.92 Å². The van der Waals surface area contributed by atoms with Crippen LogP contribution in [0.15, 0.2) is 18.2 Å². The Labute approximate surface area is 85.7 Å². The summed E-state index contributed by atoms with van der Waals surface area (Å²) in [6, 6.07) is 6.50. The van der Waals surface area contributed by atoms with Gasteiger partial charge in [0, 0.05) is 6.54 Å². The fourth-order valence-corrected chi connectivity index (χ4v) is 1.79. The molecule has 2 nitrogen and oxygen atoms in total. The van der Waals surface area contributed by atoms with Gasteiger partial charge in [-0.3, -0.25) is 0 Å². The third-order valence-corrected chi connectivity index (χ3v) is 3.06. The van der Waals surface area contributed by atoms with Gasteiger partial charge in [-0.1, -0.05) is 13.0 Å². The first kappa shape index (κ1) is 9.38. The van der Waals surface area contributed by atoms with E-state index in [1.165, 1.54) is 16.9 Å². The number of rotatable bonds is 1. The number of hydrogen-bond acceptors (Lipinski definition) is 2. The van der Waals surface area contributed by atoms with E-state index in [0.717, 1.165) is 13.0 Å². The van der Waals surface area contributed by atoms with Crippen LogP contribution in [-0.4, -0.2) is 12.1 Å². The number of nitrogens with one attached hydrogen (secondary N) is 2. The van der Waals surface area contributed by atoms with Crippen molar-refractivity contribution in [3.8, 4) is 0 Å². The van der Waals surface area contributed by atoms with Gasteiger partial charge < -0.3 is 10.6 Å². The molecule has 1 atom stereocenters. The van der Waals surface area contributed by atoms with Gasteiger partial charge in [0.05, 0.1) is 16.9 Å². The quantitative estimate of drug-likeness (QED) is 0.711. The molecule has 1 aliphatic heterocycles. The summed E-state index contributed by atoms with van der Waals surface area (Å²) >= 11 is 0. The molecule has 1 aromatic carbocycles. The van der Waals surface area contributed by atoms with Crippen LogP contribution in [0.4, 0.5) is 11.4 Å². The second-order valence-corrected chi connectivity index (χ2v) is 4.44. The molecular formula is C12H18N2. The van der Waals surface area contributed by atoms with Crippen molar-refractivity contribution in [3.63, 3.8) is 0 Å². The highest BCUT2D eigenvalue weighted by Gasteiger charge is 2.26. The maximum atomic E-state index is 3.59. The van der Waals surface area contributed by atoms with Crippen LogP contribution in [0.25, 0.3) is 0 Å². The summed E-state index contributed by atoms with van der Waals surface area (Å²) in [6.07, 6.45) is 1.13. The predicted molar refractivity (Wildman–Crippen MR) is 62.0 cm³/mol. The zero-order valence-electron chi connectivity index (χ0n) is 9.15. The fourth-order valence-electron chi connectivity index (χ4n) is 1.79. The van der Waals surface area contributed by atoms with Crippen molar-refractivity contribution in [2.24, 2.45) is 0 Å². The summed E-state index contributed by atoms with van der Waals surface area (Å²) < 4.78 is 0. The third-order valence-electron chi connectivity index (χ3n) is 3.06. The molecule has 0 saturated carbocycles. The lowest BCUT2D eigenvalue weighted by Crippen LogP contribution is -2.44. The van der Waals surface area contributed by atoms with E-state index in [4.69, 9.17) is 0 Å². The van der Waals surface area contributed by atoms with Crippen molar-refractivity contribution in [2.75, 3.05) is 17.2 Å². The number of anilines is 2. The molecule has 0 spiro atoms. The van der Waals surface area contributed by atoms with Crippen LogP contribution in [0.3, 0.4) is 0 Å². The highest BCUT2D eigenvalue weighted by atomic mass is 15.1. The molecule has 2 N–H and O–H groups in total. The second-order valence-electron chi connectivity index (χ2n) is 4.44. The van der Waals surface area contributed by atoms with Crippen molar-refractivity contribution >= 4 is 11.4 Å². The smallest absolute Gasteiger partial charge is 0.0581 e. The van der Waals surface area contributed by atoms with E-state index in [0.29, 0.717) is 0 Å². The summed E-state index contributed by atoms with van der Waals surface area (Å²) in [5.41, 5.74) is 3.96. The summed E-state index contributed by atoms with van der Waals surface area (Å²) in [4.78, 5) is 0. The van der Waals surface area contributed by atoms with Crippen molar-refractivity contribution in [3.05, 3.63) is 23.8 Å². The predicted octanol–water partition coefficient (Wildman–Crippen LogP) is 3.00. The lowest BCUT2D eigenvalue weighted by molar-refractivity contribution is 0.513. The normalized spacial score (nSPS) is 24.8. The lowest BCUT2D eigenvalue weighted by atomic mass is 9.95. The molecule has 14 heavy (non-hydrogen) atoms. The zero-order valence-corrected chi connectivity index (χ0v) is 9.15. The molecule has 1 heterocycles. The van der Waals surface area contributed by atoms with E-state index in [1.54, 1.807) is 0 Å². The molecule has 2 heteroatoms. The molecule has 0 aromatic heterocycles. The first-order valence-corrected chi connectivity index (χ1v) is 5.26. The molecule has 0 aliphatic carbocycles. The monoisotopic (exact) mass is 190 g/mol. The Kier molecular flexibility index (Phi) is 2.14. The minimum Gasteiger partial charge on any atom is -0.381 e. The van der Waals surface area contributed by atoms with Gasteiger partial charge in [0.25, 0.3) is 0 Å². The van der Waals surface area contributed by atoms with E-state index in [9.17, 15) is 0 Å². The topological polar surface area (TPSA) is 24.1 Å². The molecule has 1 aliphatic rings. The maximum absolute atomic E-state index is 3.59. The Morgan fingerprint density at radius 2 is 2.14 bits per heavy atom. The first-order valence-electron chi connectivity index (χ1n) is 5.26. The Morgan fingerprint density at radius 3 is 2.86 bits per heavy atom. The van der Waals surface area contributed by atoms with Gasteiger partial charge in [-0.25, -0.2) is 0 Å². The van der Waals surface area contributed by atoms with Gasteiger partial charge in [0.1, 0.15) is 0 Å². The average molecular weight is 190 g/mol. The fraction of sp³-hybridized carbons (Fsp3) is 0.500. The Morgan fingerprint density at radius 1 is 1.36 bits per heavy atom. The highest BCUT2D eigenvalue weighted by Crippen LogP contribution is 2.31. The SMILES string of the molecule is CCC1(C)CNc2cc(C)ccc2N1. The standard InChI is InChI=1S/C12H18N2/c1-4-12(3)8-13-11-7-9(2)5-6-10(11)14-12/h5-7,13-14H,4,8H2,1-3H3. The van der Waals surface area contributed by atoms with Crippen molar-refractivity contribution in [1.29, 1.82) is 0 Å². The molecule has 1 unspecified atom stereocenters. The molecule has 76 valence electrons. The summed E-state index contributed by atoms with van der Waals surface area (Å²) in [5.74, 6) is 0. The van der Waals surface area contributed by atoms with E-state index >= 15 is 0 Å². The second kappa shape index (κ2) is 3.19. The van der Waals surface area contributed by atoms with Gasteiger partial charge in [0.15, 0.2) is 0 Å². The summed E-state index contributed by atoms with van der Waals surface area (Å²) in [6.45, 7) is 7.59.